The van der Waals surface area contributed by atoms with Crippen molar-refractivity contribution >= 4 is 143 Å². The Morgan fingerprint density at radius 2 is 0.864 bits per heavy atom. The largest absolute Gasteiger partial charge is 0.478 e. The second-order valence-corrected chi connectivity index (χ2v) is 35.8. The predicted octanol–water partition coefficient (Wildman–Crippen LogP) is 18.6. The van der Waals surface area contributed by atoms with Crippen LogP contribution in [0.25, 0.3) is 0 Å². The van der Waals surface area contributed by atoms with Crippen LogP contribution >= 0.6 is 55.0 Å². The van der Waals surface area contributed by atoms with Crippen molar-refractivity contribution in [3.05, 3.63) is 135 Å². The van der Waals surface area contributed by atoms with Gasteiger partial charge in [-0.1, -0.05) is 61.3 Å². The van der Waals surface area contributed by atoms with Crippen molar-refractivity contribution in [1.29, 1.82) is 0 Å². The first-order valence-electron chi connectivity index (χ1n) is 39.6. The van der Waals surface area contributed by atoms with Crippen LogP contribution in [0.5, 0.6) is 0 Å². The molecule has 0 aromatic heterocycles. The number of nitrogens with one attached hydrogen (secondary N) is 1. The quantitative estimate of drug-likeness (QED) is 0.00560. The number of nitrogens with zero attached hydrogens (tertiary/aromatic N) is 5. The van der Waals surface area contributed by atoms with Crippen molar-refractivity contribution < 1.29 is 119 Å². The van der Waals surface area contributed by atoms with Gasteiger partial charge >= 0.3 is 58.5 Å². The number of piperidine rings is 3. The number of methoxy groups -OCH3 is 3. The molecule has 3 atom stereocenters. The summed E-state index contributed by atoms with van der Waals surface area (Å²) < 4.78 is 65.9. The van der Waals surface area contributed by atoms with E-state index in [1.54, 1.807) is 25.1 Å². The lowest BCUT2D eigenvalue weighted by Gasteiger charge is -2.34. The molecule has 3 amide bonds. The zero-order valence-corrected chi connectivity index (χ0v) is 78.0. The maximum Gasteiger partial charge on any atom is 0.410 e. The summed E-state index contributed by atoms with van der Waals surface area (Å²) in [6, 6.07) is 16.7. The number of anilines is 2. The number of carbonyl (C=O) groups excluding carboxylic acids is 8. The number of carboxylic acids is 1. The molecule has 708 valence electrons. The summed E-state index contributed by atoms with van der Waals surface area (Å²) in [5.74, 6) is -0.685. The van der Waals surface area contributed by atoms with Crippen LogP contribution in [-0.2, 0) is 53.1 Å². The Labute approximate surface area is 757 Å². The number of hydrogen-bond donors (Lipinski definition) is 7. The van der Waals surface area contributed by atoms with Gasteiger partial charge in [0.2, 0.25) is 0 Å². The smallest absolute Gasteiger partial charge is 0.410 e. The van der Waals surface area contributed by atoms with E-state index in [9.17, 15) is 63.4 Å². The van der Waals surface area contributed by atoms with Crippen LogP contribution in [0.3, 0.4) is 0 Å². The van der Waals surface area contributed by atoms with Gasteiger partial charge in [-0.15, -0.1) is 8.58 Å². The fourth-order valence-corrected chi connectivity index (χ4v) is 14.6. The highest BCUT2D eigenvalue weighted by Crippen LogP contribution is 2.63. The standard InChI is InChI=1S/C23H33ClN2O4.C15H27NO3.C15H25NO3.C8H6ClNO4.C8H8ClNO2.C7H4ClNO4.C4H8O2.C2H7P.CH4O.2CH4.H2O4S/c1-22(2,3)30-21(28)26-12-9-23(10-13-26)15-16(23)6-5-11-25-17-7-8-18(19(24)14-17)20(27)29-4;2*1-14(2,3)19-13(18)16-8-6-15(7-9-16)11-12(15)5-4-10-17;1-14-8(11)6-3-2-5(10(12)13)4-7(6)9;1-12-8(11)6-3-2-5(10)4-7(6)9;8-6-3-4(9(12)13)1-2-5(6)7(10)11;1-3-6-4(2)5;1-3-2;1-2;;;1-5(2,3)4/h7-8,14,16,25H,5-6,9-13,15H2,1-4H3;12,17H,4-11H2,1-3H3;10,12H,4-9,11H2,1-3H3;2-4H,1H3;2-4H,10H2,1H3;1-3H,(H,10,11);3H2,1-2H3;3H,1-2H3;2H,1H3;2*1H4;(H2,1,2,3,4). The van der Waals surface area contributed by atoms with Gasteiger partial charge in [0.25, 0.3) is 11.4 Å². The van der Waals surface area contributed by atoms with Crippen molar-refractivity contribution in [3.8, 4) is 0 Å². The number of aliphatic hydroxyl groups excluding tert-OH is 2. The highest BCUT2D eigenvalue weighted by molar-refractivity contribution is 7.79. The summed E-state index contributed by atoms with van der Waals surface area (Å²) in [7, 11) is 1.27. The lowest BCUT2D eigenvalue weighted by atomic mass is 9.90. The number of aldehydes is 1. The SMILES string of the molecule is C.C.CC(C)(C)OC(=O)N1CCC2(CC1)CC2CCC=O.CC(C)(C)OC(=O)N1CCC2(CC1)CC2CCCO.CCOC(C)=O.CO.COC(=O)c1ccc(N)cc1Cl.COC(=O)c1ccc(NCCCC2CC23CCN(C(=O)OC(C)(C)C)CC3)cc1Cl.COC(=O)c1ccc([N+](=O)[O-])cc1Cl.CPC.O=C(O)c1ccc([N+](=O)[O-])cc1Cl.O=S(=O)(O)O. The normalized spacial score (nSPS) is 16.5. The maximum atomic E-state index is 12.2. The van der Waals surface area contributed by atoms with Crippen LogP contribution in [0.15, 0.2) is 72.8 Å². The number of non-ortho nitro benzene ring substituents is 2. The van der Waals surface area contributed by atoms with Crippen molar-refractivity contribution in [1.82, 2.24) is 14.7 Å². The highest BCUT2D eigenvalue weighted by Gasteiger charge is 2.56. The number of hydrogen-bond acceptors (Lipinski definition) is 26. The molecule has 10 rings (SSSR count). The number of nitrogens with two attached hydrogens (primary N) is 1. The molecular formula is C85H132Cl4N7O27PS. The molecule has 40 heteroatoms. The molecule has 6 aliphatic rings. The first-order chi connectivity index (χ1) is 57.3. The van der Waals surface area contributed by atoms with Gasteiger partial charge in [-0.2, -0.15) is 8.42 Å². The third-order valence-corrected chi connectivity index (χ3v) is 21.0. The molecule has 0 bridgehead atoms. The number of halogens is 4. The first-order valence-corrected chi connectivity index (χ1v) is 44.5. The third kappa shape index (κ3) is 45.2. The number of carboxylic acid groups (broad SMARTS) is 1. The van der Waals surface area contributed by atoms with Gasteiger partial charge < -0.3 is 79.0 Å². The minimum absolute atomic E-state index is 0. The highest BCUT2D eigenvalue weighted by atomic mass is 35.5. The number of ether oxygens (including phenoxy) is 7. The van der Waals surface area contributed by atoms with Gasteiger partial charge in [-0.05, 0) is 255 Å². The van der Waals surface area contributed by atoms with E-state index in [4.69, 9.17) is 104 Å². The number of amides is 3. The zero-order chi connectivity index (χ0) is 94.2. The average molecular weight is 1890 g/mol. The van der Waals surface area contributed by atoms with E-state index in [0.717, 1.165) is 174 Å². The van der Waals surface area contributed by atoms with Crippen LogP contribution in [0.4, 0.5) is 37.1 Å². The number of aliphatic hydroxyl groups is 2. The Balaban J connectivity index is 0. The molecule has 3 heterocycles. The van der Waals surface area contributed by atoms with Crippen LogP contribution in [0.2, 0.25) is 20.1 Å². The number of aromatic carboxylic acids is 1. The molecule has 4 aromatic carbocycles. The molecular weight excluding hydrogens is 1760 g/mol. The fourth-order valence-electron chi connectivity index (χ4n) is 13.5. The first kappa shape index (κ1) is 119. The lowest BCUT2D eigenvalue weighted by Crippen LogP contribution is -2.42. The van der Waals surface area contributed by atoms with Crippen molar-refractivity contribution in [2.75, 3.05) is 112 Å². The van der Waals surface area contributed by atoms with Crippen LogP contribution in [0, 0.1) is 54.2 Å². The molecule has 3 unspecified atom stereocenters. The number of esters is 4. The lowest BCUT2D eigenvalue weighted by molar-refractivity contribution is -0.385. The number of likely N-dealkylation sites (tertiary alicyclic amines) is 3. The Morgan fingerprint density at radius 1 is 0.560 bits per heavy atom. The van der Waals surface area contributed by atoms with E-state index in [1.165, 1.54) is 78.2 Å². The minimum atomic E-state index is -4.67. The predicted molar refractivity (Wildman–Crippen MR) is 485 cm³/mol. The zero-order valence-electron chi connectivity index (χ0n) is 73.2. The van der Waals surface area contributed by atoms with E-state index in [-0.39, 0.29) is 71.6 Å². The second-order valence-electron chi connectivity index (χ2n) is 32.3. The van der Waals surface area contributed by atoms with E-state index in [0.29, 0.717) is 68.7 Å². The van der Waals surface area contributed by atoms with E-state index >= 15 is 0 Å². The average Bonchev–Trinajstić information content (AvgIpc) is 1.61. The molecule has 3 aliphatic heterocycles. The van der Waals surface area contributed by atoms with E-state index in [1.807, 2.05) is 83.1 Å². The Kier molecular flexibility index (Phi) is 53.7. The summed E-state index contributed by atoms with van der Waals surface area (Å²) in [6.45, 7) is 31.1. The molecule has 0 radical (unpaired) electrons. The monoisotopic (exact) mass is 1890 g/mol. The second kappa shape index (κ2) is 56.6. The Bertz CT molecular complexity index is 4210. The summed E-state index contributed by atoms with van der Waals surface area (Å²) >= 11 is 23.0. The summed E-state index contributed by atoms with van der Waals surface area (Å²) in [5, 5.41) is 48.9. The fraction of sp³-hybridized carbons (Fsp3) is 0.612. The summed E-state index contributed by atoms with van der Waals surface area (Å²) in [6.07, 6.45) is 16.8. The summed E-state index contributed by atoms with van der Waals surface area (Å²) in [4.78, 5) is 125. The number of rotatable bonds is 18. The Hall–Kier alpha value is -8.51. The molecule has 4 aromatic rings. The van der Waals surface area contributed by atoms with Crippen molar-refractivity contribution in [2.24, 2.45) is 34.0 Å². The Morgan fingerprint density at radius 3 is 1.13 bits per heavy atom. The molecule has 3 spiro atoms. The van der Waals surface area contributed by atoms with Gasteiger partial charge in [0.05, 0.1) is 80.1 Å². The third-order valence-electron chi connectivity index (χ3n) is 19.8. The van der Waals surface area contributed by atoms with Gasteiger partial charge in [-0.25, -0.2) is 33.6 Å². The number of nitro groups is 2. The summed E-state index contributed by atoms with van der Waals surface area (Å²) in [5.41, 5.74) is 7.22. The van der Waals surface area contributed by atoms with Crippen molar-refractivity contribution in [2.45, 2.75) is 204 Å². The van der Waals surface area contributed by atoms with Gasteiger partial charge in [0, 0.05) is 109 Å². The topological polar surface area (TPSA) is 488 Å². The number of carbonyl (C=O) groups is 9. The molecule has 125 heavy (non-hydrogen) atoms. The van der Waals surface area contributed by atoms with E-state index < -0.39 is 60.9 Å². The molecule has 6 fully saturated rings. The molecule has 34 nitrogen and oxygen atoms in total. The van der Waals surface area contributed by atoms with Crippen LogP contribution < -0.4 is 11.1 Å². The number of nitrogen functional groups attached to an aromatic ring is 1. The van der Waals surface area contributed by atoms with Crippen LogP contribution in [0.1, 0.15) is 229 Å². The van der Waals surface area contributed by atoms with Gasteiger partial charge in [-0.3, -0.25) is 34.1 Å². The van der Waals surface area contributed by atoms with E-state index in [2.05, 4.69) is 32.9 Å². The maximum absolute atomic E-state index is 12.2. The number of benzene rings is 4. The molecule has 3 saturated heterocycles. The van der Waals surface area contributed by atoms with Gasteiger partial charge in [0.1, 0.15) is 23.1 Å². The van der Waals surface area contributed by atoms with Crippen molar-refractivity contribution in [3.63, 3.8) is 0 Å². The minimum Gasteiger partial charge on any atom is -0.478 e. The van der Waals surface area contributed by atoms with Crippen LogP contribution in [-0.4, -0.2) is 229 Å². The van der Waals surface area contributed by atoms with Gasteiger partial charge in [0.15, 0.2) is 0 Å². The molecule has 3 aliphatic carbocycles. The molecule has 3 saturated carbocycles. The number of nitro benzene ring substituents is 2. The molecule has 8 N–H and O–H groups in total.